The van der Waals surface area contributed by atoms with Crippen LogP contribution in [0.4, 0.5) is 5.69 Å². The quantitative estimate of drug-likeness (QED) is 0.165. The van der Waals surface area contributed by atoms with E-state index in [0.717, 1.165) is 0 Å². The summed E-state index contributed by atoms with van der Waals surface area (Å²) in [6, 6.07) is 13.8. The van der Waals surface area contributed by atoms with Crippen LogP contribution in [0.1, 0.15) is 27.0 Å². The van der Waals surface area contributed by atoms with Gasteiger partial charge in [-0.05, 0) is 60.2 Å². The van der Waals surface area contributed by atoms with Crippen molar-refractivity contribution in [3.63, 3.8) is 0 Å². The first-order valence-electron chi connectivity index (χ1n) is 10.5. The molecule has 0 radical (unpaired) electrons. The molecule has 3 aromatic rings. The van der Waals surface area contributed by atoms with Crippen molar-refractivity contribution in [3.05, 3.63) is 112 Å². The molecular weight excluding hydrogens is 466 g/mol. The van der Waals surface area contributed by atoms with Crippen LogP contribution in [0.5, 0.6) is 23.0 Å². The number of phenolic OH excluding ortho intramolecular Hbond substituents is 2. The summed E-state index contributed by atoms with van der Waals surface area (Å²) in [6.45, 7) is 0. The number of hydrogen-bond acceptors (Lipinski definition) is 8. The predicted molar refractivity (Wildman–Crippen MR) is 125 cm³/mol. The van der Waals surface area contributed by atoms with Crippen LogP contribution >= 0.6 is 0 Å². The number of hydrogen-bond donors (Lipinski definition) is 2. The molecule has 2 aliphatic heterocycles. The molecule has 2 N–H and O–H groups in total. The van der Waals surface area contributed by atoms with E-state index in [2.05, 4.69) is 10.0 Å². The van der Waals surface area contributed by atoms with E-state index in [-0.39, 0.29) is 28.6 Å². The molecule has 6 rings (SSSR count). The van der Waals surface area contributed by atoms with Crippen LogP contribution in [0.25, 0.3) is 10.4 Å². The number of ketones is 2. The lowest BCUT2D eigenvalue weighted by molar-refractivity contribution is -0.113. The molecule has 0 unspecified atom stereocenters. The van der Waals surface area contributed by atoms with Crippen LogP contribution in [0, 0.1) is 0 Å². The highest BCUT2D eigenvalue weighted by Gasteiger charge is 2.53. The first-order valence-corrected chi connectivity index (χ1v) is 10.5. The molecule has 176 valence electrons. The molecule has 10 heteroatoms. The monoisotopic (exact) mass is 481 g/mol. The molecule has 0 atom stereocenters. The van der Waals surface area contributed by atoms with Crippen LogP contribution in [0.15, 0.2) is 84.0 Å². The largest absolute Gasteiger partial charge is 0.508 e. The minimum atomic E-state index is -1.31. The summed E-state index contributed by atoms with van der Waals surface area (Å²) in [5.74, 6) is -0.239. The predicted octanol–water partition coefficient (Wildman–Crippen LogP) is 4.86. The van der Waals surface area contributed by atoms with E-state index in [1.807, 2.05) is 0 Å². The van der Waals surface area contributed by atoms with Crippen molar-refractivity contribution in [2.45, 2.75) is 5.60 Å². The summed E-state index contributed by atoms with van der Waals surface area (Å²) in [7, 11) is 0. The van der Waals surface area contributed by atoms with Crippen molar-refractivity contribution >= 4 is 23.2 Å². The minimum absolute atomic E-state index is 0.0132. The molecule has 0 aromatic heterocycles. The van der Waals surface area contributed by atoms with Gasteiger partial charge in [0, 0.05) is 39.4 Å². The second-order valence-electron chi connectivity index (χ2n) is 7.92. The second kappa shape index (κ2) is 8.46. The Morgan fingerprint density at radius 2 is 1.28 bits per heavy atom. The van der Waals surface area contributed by atoms with Gasteiger partial charge in [-0.15, -0.1) is 0 Å². The van der Waals surface area contributed by atoms with E-state index >= 15 is 0 Å². The van der Waals surface area contributed by atoms with Gasteiger partial charge >= 0.3 is 5.97 Å². The summed E-state index contributed by atoms with van der Waals surface area (Å²) in [5.41, 5.74) is 9.53. The molecule has 0 bridgehead atoms. The first kappa shape index (κ1) is 22.5. The Balaban J connectivity index is 0.000000286. The first-order chi connectivity index (χ1) is 17.3. The zero-order chi connectivity index (χ0) is 25.4. The van der Waals surface area contributed by atoms with E-state index < -0.39 is 11.6 Å². The summed E-state index contributed by atoms with van der Waals surface area (Å²) in [5, 5.41) is 23.3. The summed E-state index contributed by atoms with van der Waals surface area (Å²) in [4.78, 5) is 36.1. The Bertz CT molecular complexity index is 1490. The lowest BCUT2D eigenvalue weighted by Crippen LogP contribution is -2.32. The zero-order valence-corrected chi connectivity index (χ0v) is 18.3. The van der Waals surface area contributed by atoms with Gasteiger partial charge in [0.1, 0.15) is 23.0 Å². The number of esters is 1. The third-order valence-electron chi connectivity index (χ3n) is 5.74. The van der Waals surface area contributed by atoms with Gasteiger partial charge in [0.05, 0.1) is 5.56 Å². The van der Waals surface area contributed by atoms with Gasteiger partial charge < -0.3 is 19.7 Å². The minimum Gasteiger partial charge on any atom is -0.508 e. The third kappa shape index (κ3) is 3.64. The molecule has 36 heavy (non-hydrogen) atoms. The number of aromatic hydroxyl groups is 2. The van der Waals surface area contributed by atoms with Gasteiger partial charge in [-0.1, -0.05) is 17.2 Å². The fourth-order valence-electron chi connectivity index (χ4n) is 4.25. The molecule has 10 nitrogen and oxygen atoms in total. The number of rotatable bonds is 1. The molecule has 3 aliphatic rings. The van der Waals surface area contributed by atoms with Crippen LogP contribution in [0.2, 0.25) is 0 Å². The summed E-state index contributed by atoms with van der Waals surface area (Å²) in [6.07, 6.45) is 5.01. The van der Waals surface area contributed by atoms with E-state index in [0.29, 0.717) is 33.9 Å². The number of azide groups is 1. The maximum Gasteiger partial charge on any atom is 0.340 e. The third-order valence-corrected chi connectivity index (χ3v) is 5.74. The fraction of sp³-hybridized carbons (Fsp3) is 0.0385. The molecular formula is C26H15N3O7. The molecule has 0 amide bonds. The van der Waals surface area contributed by atoms with Crippen LogP contribution in [-0.4, -0.2) is 27.7 Å². The standard InChI is InChI=1S/C20H11N3O5.C6H4O2/c21-23-22-10-1-4-14-13(7-10)19(26)28-20(14)15-5-2-11(24)8-17(15)27-18-9-12(25)3-6-16(18)20;7-5-1-2-6(8)4-3-5/h1-9,24-25H;1-4H. The number of allylic oxidation sites excluding steroid dienone is 4. The topological polar surface area (TPSA) is 159 Å². The number of carbonyl (C=O) groups is 3. The maximum atomic E-state index is 12.8. The average Bonchev–Trinajstić information content (AvgIpc) is 3.13. The van der Waals surface area contributed by atoms with Crippen LogP contribution in [-0.2, 0) is 19.9 Å². The Morgan fingerprint density at radius 3 is 1.81 bits per heavy atom. The van der Waals surface area contributed by atoms with Crippen molar-refractivity contribution in [2.75, 3.05) is 0 Å². The molecule has 0 saturated heterocycles. The lowest BCUT2D eigenvalue weighted by Gasteiger charge is -2.36. The van der Waals surface area contributed by atoms with E-state index in [1.165, 1.54) is 54.6 Å². The highest BCUT2D eigenvalue weighted by atomic mass is 16.6. The average molecular weight is 481 g/mol. The Morgan fingerprint density at radius 1 is 0.750 bits per heavy atom. The number of benzene rings is 3. The van der Waals surface area contributed by atoms with Crippen molar-refractivity contribution in [2.24, 2.45) is 5.11 Å². The highest BCUT2D eigenvalue weighted by Crippen LogP contribution is 2.57. The van der Waals surface area contributed by atoms with Gasteiger partial charge in [0.2, 0.25) is 0 Å². The Labute approximate surface area is 203 Å². The number of fused-ring (bicyclic) bond motifs is 6. The molecule has 1 aliphatic carbocycles. The molecule has 0 fully saturated rings. The normalized spacial score (nSPS) is 15.5. The molecule has 1 spiro atoms. The van der Waals surface area contributed by atoms with Gasteiger partial charge in [-0.25, -0.2) is 4.79 Å². The zero-order valence-electron chi connectivity index (χ0n) is 18.3. The number of ether oxygens (including phenoxy) is 2. The van der Waals surface area contributed by atoms with Crippen molar-refractivity contribution < 1.29 is 34.1 Å². The highest BCUT2D eigenvalue weighted by molar-refractivity contribution is 6.14. The van der Waals surface area contributed by atoms with Gasteiger partial charge in [0.15, 0.2) is 17.2 Å². The number of carbonyl (C=O) groups excluding carboxylic acids is 3. The van der Waals surface area contributed by atoms with E-state index in [9.17, 15) is 24.6 Å². The molecule has 2 heterocycles. The maximum absolute atomic E-state index is 12.8. The Hall–Kier alpha value is -5.34. The van der Waals surface area contributed by atoms with Crippen LogP contribution < -0.4 is 4.74 Å². The lowest BCUT2D eigenvalue weighted by atomic mass is 9.77. The summed E-state index contributed by atoms with van der Waals surface area (Å²) < 4.78 is 11.8. The van der Waals surface area contributed by atoms with Gasteiger partial charge in [0.25, 0.3) is 0 Å². The van der Waals surface area contributed by atoms with Gasteiger partial charge in [-0.3, -0.25) is 9.59 Å². The number of phenols is 2. The summed E-state index contributed by atoms with van der Waals surface area (Å²) >= 11 is 0. The molecule has 3 aromatic carbocycles. The second-order valence-corrected chi connectivity index (χ2v) is 7.92. The molecule has 0 saturated carbocycles. The number of nitrogens with zero attached hydrogens (tertiary/aromatic N) is 3. The van der Waals surface area contributed by atoms with Crippen molar-refractivity contribution in [1.82, 2.24) is 0 Å². The van der Waals surface area contributed by atoms with Gasteiger partial charge in [-0.2, -0.15) is 0 Å². The Kier molecular flexibility index (Phi) is 5.28. The fourth-order valence-corrected chi connectivity index (χ4v) is 4.25. The van der Waals surface area contributed by atoms with Crippen molar-refractivity contribution in [1.29, 1.82) is 0 Å². The van der Waals surface area contributed by atoms with E-state index in [1.54, 1.807) is 24.3 Å². The van der Waals surface area contributed by atoms with Crippen molar-refractivity contribution in [3.8, 4) is 23.0 Å². The smallest absolute Gasteiger partial charge is 0.340 e. The SMILES string of the molecule is O=C1C=CC(=O)C=C1.[N-]=[N+]=Nc1ccc2c(c1)C(=O)OC21c2ccc(O)cc2Oc2cc(O)ccc21. The van der Waals surface area contributed by atoms with Crippen LogP contribution in [0.3, 0.4) is 0 Å². The van der Waals surface area contributed by atoms with E-state index in [4.69, 9.17) is 15.0 Å².